The normalized spacial score (nSPS) is 19.6. The zero-order valence-corrected chi connectivity index (χ0v) is 26.0. The number of aromatic nitrogens is 3. The molecule has 1 unspecified atom stereocenters. The first kappa shape index (κ1) is 37.6. The number of unbranched alkanes of at least 4 members (excludes halogenated alkanes) is 1. The molecule has 3 heterocycles. The molecular weight excluding hydrogens is 648 g/mol. The number of anilines is 1. The van der Waals surface area contributed by atoms with E-state index >= 15 is 8.78 Å². The second kappa shape index (κ2) is 14.1. The third-order valence-corrected chi connectivity index (χ3v) is 6.89. The van der Waals surface area contributed by atoms with Gasteiger partial charge in [-0.25, -0.2) is 9.78 Å². The molecule has 1 aliphatic rings. The number of amides is 1. The number of ether oxygens (including phenoxy) is 2. The van der Waals surface area contributed by atoms with E-state index in [-0.39, 0.29) is 11.6 Å². The molecule has 0 radical (unpaired) electrons. The van der Waals surface area contributed by atoms with Crippen LogP contribution in [0.1, 0.15) is 89.8 Å². The van der Waals surface area contributed by atoms with Crippen molar-refractivity contribution in [1.82, 2.24) is 15.2 Å². The number of hydrogen-bond donors (Lipinski definition) is 1. The van der Waals surface area contributed by atoms with Crippen molar-refractivity contribution < 1.29 is 58.6 Å². The van der Waals surface area contributed by atoms with Crippen LogP contribution in [0.2, 0.25) is 0 Å². The molecule has 1 aliphatic heterocycles. The number of nitrogens with one attached hydrogen (secondary N) is 1. The number of alkyl halides is 8. The molecule has 4 bridgehead atoms. The van der Waals surface area contributed by atoms with E-state index in [2.05, 4.69) is 21.8 Å². The number of carbonyl (C=O) groups excluding carboxylic acids is 2. The number of carbonyl (C=O) groups is 2. The molecule has 0 aliphatic carbocycles. The van der Waals surface area contributed by atoms with Crippen molar-refractivity contribution in [3.8, 4) is 11.6 Å². The molecule has 0 saturated heterocycles. The van der Waals surface area contributed by atoms with E-state index in [0.29, 0.717) is 12.8 Å². The van der Waals surface area contributed by atoms with Crippen LogP contribution in [0.4, 0.5) is 45.6 Å². The number of ketones is 1. The SMILES string of the molecule is C=C/C(=C\CCC)COC1(C(F)(F)F)CCC(=O)CCCC(F)(F)c2nc(c(NC(=O)OC(C)(C)C)cc2C(F)(F)F)-c2nnc1o2. The smallest absolute Gasteiger partial charge is 0.426 e. The number of halogens is 8. The predicted molar refractivity (Wildman–Crippen MR) is 151 cm³/mol. The van der Waals surface area contributed by atoms with E-state index in [4.69, 9.17) is 13.9 Å². The number of allylic oxidation sites excluding steroid dienone is 1. The number of rotatable bonds is 7. The number of nitrogens with zero attached hydrogens (tertiary/aromatic N) is 3. The molecule has 1 N–H and O–H groups in total. The highest BCUT2D eigenvalue weighted by Crippen LogP contribution is 2.48. The summed E-state index contributed by atoms with van der Waals surface area (Å²) in [5.41, 5.74) is -10.0. The van der Waals surface area contributed by atoms with Crippen molar-refractivity contribution in [2.45, 2.75) is 102 Å². The first-order chi connectivity index (χ1) is 21.6. The fraction of sp³-hybridized carbons (Fsp3) is 0.567. The molecule has 0 aromatic carbocycles. The minimum atomic E-state index is -5.44. The van der Waals surface area contributed by atoms with Gasteiger partial charge in [-0.15, -0.1) is 10.2 Å². The summed E-state index contributed by atoms with van der Waals surface area (Å²) in [6, 6.07) is 0.124. The standard InChI is InChI=1S/C30H34F8N4O5/c1-6-8-10-17(7-2)16-45-27(30(36,37)38)14-12-18(43)11-9-13-28(31,32)22-19(29(33,34)35)15-20(39-25(44)47-26(3,4)5)21(40-22)23-41-42-24(27)46-23/h7,10,15H,2,6,8-9,11-14,16H2,1,3-5H3,(H,39,44)/b17-10+. The van der Waals surface area contributed by atoms with Crippen molar-refractivity contribution in [1.29, 1.82) is 0 Å². The fourth-order valence-electron chi connectivity index (χ4n) is 4.55. The first-order valence-electron chi connectivity index (χ1n) is 14.5. The number of hydrogen-bond acceptors (Lipinski definition) is 8. The molecule has 9 nitrogen and oxygen atoms in total. The topological polar surface area (TPSA) is 116 Å². The Morgan fingerprint density at radius 3 is 2.36 bits per heavy atom. The molecule has 47 heavy (non-hydrogen) atoms. The monoisotopic (exact) mass is 682 g/mol. The summed E-state index contributed by atoms with van der Waals surface area (Å²) < 4.78 is 134. The molecule has 260 valence electrons. The van der Waals surface area contributed by atoms with Gasteiger partial charge in [-0.2, -0.15) is 35.1 Å². The van der Waals surface area contributed by atoms with Gasteiger partial charge in [0, 0.05) is 25.7 Å². The minimum absolute atomic E-state index is 0.124. The Morgan fingerprint density at radius 1 is 1.11 bits per heavy atom. The van der Waals surface area contributed by atoms with Crippen molar-refractivity contribution in [2.24, 2.45) is 0 Å². The molecule has 3 rings (SSSR count). The van der Waals surface area contributed by atoms with Crippen LogP contribution in [-0.4, -0.2) is 45.4 Å². The number of pyridine rings is 1. The molecule has 17 heteroatoms. The van der Waals surface area contributed by atoms with Crippen LogP contribution in [0.15, 0.2) is 34.8 Å². The van der Waals surface area contributed by atoms with E-state index in [1.807, 2.05) is 12.2 Å². The third-order valence-electron chi connectivity index (χ3n) is 6.89. The van der Waals surface area contributed by atoms with Gasteiger partial charge in [-0.3, -0.25) is 10.1 Å². The summed E-state index contributed by atoms with van der Waals surface area (Å²) in [7, 11) is 0. The summed E-state index contributed by atoms with van der Waals surface area (Å²) in [6.07, 6.45) is -12.7. The summed E-state index contributed by atoms with van der Waals surface area (Å²) in [4.78, 5) is 28.6. The lowest BCUT2D eigenvalue weighted by Crippen LogP contribution is -2.46. The van der Waals surface area contributed by atoms with Gasteiger partial charge in [0.1, 0.15) is 17.1 Å². The molecule has 0 saturated carbocycles. The highest BCUT2D eigenvalue weighted by Gasteiger charge is 2.61. The highest BCUT2D eigenvalue weighted by atomic mass is 19.4. The Morgan fingerprint density at radius 2 is 1.79 bits per heavy atom. The summed E-state index contributed by atoms with van der Waals surface area (Å²) >= 11 is 0. The third kappa shape index (κ3) is 9.14. The van der Waals surface area contributed by atoms with E-state index < -0.39 is 114 Å². The lowest BCUT2D eigenvalue weighted by molar-refractivity contribution is -0.292. The van der Waals surface area contributed by atoms with Gasteiger partial charge in [-0.1, -0.05) is 32.1 Å². The van der Waals surface area contributed by atoms with Gasteiger partial charge in [0.05, 0.1) is 17.9 Å². The van der Waals surface area contributed by atoms with E-state index in [1.54, 1.807) is 6.08 Å². The molecule has 1 amide bonds. The molecule has 0 fully saturated rings. The zero-order chi connectivity index (χ0) is 35.4. The maximum Gasteiger partial charge on any atom is 0.426 e. The fourth-order valence-corrected chi connectivity index (χ4v) is 4.55. The molecule has 0 spiro atoms. The Kier molecular flexibility index (Phi) is 11.2. The quantitative estimate of drug-likeness (QED) is 0.228. The second-order valence-corrected chi connectivity index (χ2v) is 11.8. The van der Waals surface area contributed by atoms with Gasteiger partial charge in [0.15, 0.2) is 5.69 Å². The average Bonchev–Trinajstić information content (AvgIpc) is 3.42. The van der Waals surface area contributed by atoms with Crippen LogP contribution in [0.3, 0.4) is 0 Å². The Labute approximate surface area is 264 Å². The van der Waals surface area contributed by atoms with Gasteiger partial charge < -0.3 is 13.9 Å². The maximum atomic E-state index is 15.4. The summed E-state index contributed by atoms with van der Waals surface area (Å²) in [5.74, 6) is -7.51. The average molecular weight is 683 g/mol. The van der Waals surface area contributed by atoms with E-state index in [9.17, 15) is 35.9 Å². The molecule has 2 aromatic rings. The zero-order valence-electron chi connectivity index (χ0n) is 26.0. The minimum Gasteiger partial charge on any atom is -0.444 e. The Hall–Kier alpha value is -3.89. The lowest BCUT2D eigenvalue weighted by Gasteiger charge is -2.32. The summed E-state index contributed by atoms with van der Waals surface area (Å²) in [6.45, 7) is 9.03. The summed E-state index contributed by atoms with van der Waals surface area (Å²) in [5, 5.41) is 8.90. The van der Waals surface area contributed by atoms with Crippen LogP contribution < -0.4 is 5.32 Å². The van der Waals surface area contributed by atoms with Crippen molar-refractivity contribution >= 4 is 17.6 Å². The van der Waals surface area contributed by atoms with Crippen molar-refractivity contribution in [2.75, 3.05) is 11.9 Å². The Bertz CT molecular complexity index is 1490. The van der Waals surface area contributed by atoms with Crippen molar-refractivity contribution in [3.05, 3.63) is 47.5 Å². The van der Waals surface area contributed by atoms with Crippen LogP contribution in [0.25, 0.3) is 11.6 Å². The highest BCUT2D eigenvalue weighted by molar-refractivity contribution is 5.89. The van der Waals surface area contributed by atoms with Crippen LogP contribution in [0, 0.1) is 0 Å². The van der Waals surface area contributed by atoms with Gasteiger partial charge in [0.2, 0.25) is 5.60 Å². The number of Topliss-reactive ketones (excluding diaryl/α,β-unsaturated/α-hetero) is 1. The maximum absolute atomic E-state index is 15.4. The molecule has 2 aromatic heterocycles. The number of fused-ring (bicyclic) bond motifs is 5. The molecule has 1 atom stereocenters. The van der Waals surface area contributed by atoms with Crippen molar-refractivity contribution in [3.63, 3.8) is 0 Å². The largest absolute Gasteiger partial charge is 0.444 e. The van der Waals surface area contributed by atoms with E-state index in [1.165, 1.54) is 26.8 Å². The lowest BCUT2D eigenvalue weighted by atomic mass is 9.92. The van der Waals surface area contributed by atoms with Gasteiger partial charge >= 0.3 is 18.4 Å². The first-order valence-corrected chi connectivity index (χ1v) is 14.5. The van der Waals surface area contributed by atoms with E-state index in [0.717, 1.165) is 0 Å². The van der Waals surface area contributed by atoms with Gasteiger partial charge in [-0.05, 0) is 45.3 Å². The second-order valence-electron chi connectivity index (χ2n) is 11.8. The molecular formula is C30H34F8N4O5. The van der Waals surface area contributed by atoms with Crippen LogP contribution in [0.5, 0.6) is 0 Å². The van der Waals surface area contributed by atoms with Gasteiger partial charge in [0.25, 0.3) is 17.7 Å². The van der Waals surface area contributed by atoms with Crippen LogP contribution in [-0.2, 0) is 32.0 Å². The van der Waals surface area contributed by atoms with Crippen LogP contribution >= 0.6 is 0 Å². The predicted octanol–water partition coefficient (Wildman–Crippen LogP) is 8.81. The Balaban J connectivity index is 2.33.